The largest absolute Gasteiger partial charge is 0.444 e. The summed E-state index contributed by atoms with van der Waals surface area (Å²) in [6.45, 7) is 14.7. The third-order valence-electron chi connectivity index (χ3n) is 7.87. The Bertz CT molecular complexity index is 719. The molecule has 2 aliphatic heterocycles. The quantitative estimate of drug-likeness (QED) is 0.658. The summed E-state index contributed by atoms with van der Waals surface area (Å²) in [7, 11) is 0. The van der Waals surface area contributed by atoms with E-state index in [0.717, 1.165) is 38.4 Å². The lowest BCUT2D eigenvalue weighted by molar-refractivity contribution is -0.000742. The van der Waals surface area contributed by atoms with Crippen LogP contribution in [0.3, 0.4) is 0 Å². The number of ether oxygens (including phenoxy) is 1. The van der Waals surface area contributed by atoms with Crippen LogP contribution in [0.25, 0.3) is 0 Å². The highest BCUT2D eigenvalue weighted by Gasteiger charge is 2.40. The molecule has 4 rings (SSSR count). The molecule has 1 amide bonds. The summed E-state index contributed by atoms with van der Waals surface area (Å²) in [6.07, 6.45) is 7.57. The molecular weight excluding hydrogens is 398 g/mol. The van der Waals surface area contributed by atoms with Gasteiger partial charge in [-0.25, -0.2) is 4.79 Å². The van der Waals surface area contributed by atoms with Crippen molar-refractivity contribution in [2.24, 2.45) is 11.3 Å². The van der Waals surface area contributed by atoms with E-state index in [1.165, 1.54) is 64.0 Å². The highest BCUT2D eigenvalue weighted by molar-refractivity contribution is 5.68. The molecule has 5 nitrogen and oxygen atoms in total. The van der Waals surface area contributed by atoms with Gasteiger partial charge in [0.2, 0.25) is 0 Å². The lowest BCUT2D eigenvalue weighted by atomic mass is 9.65. The van der Waals surface area contributed by atoms with Crippen LogP contribution in [0.1, 0.15) is 64.9 Å². The molecule has 1 aromatic rings. The van der Waals surface area contributed by atoms with Gasteiger partial charge in [-0.1, -0.05) is 30.3 Å². The maximum absolute atomic E-state index is 12.4. The van der Waals surface area contributed by atoms with Gasteiger partial charge in [0, 0.05) is 52.4 Å². The summed E-state index contributed by atoms with van der Waals surface area (Å²) in [5.41, 5.74) is 1.50. The molecule has 178 valence electrons. The Balaban J connectivity index is 1.15. The Morgan fingerprint density at radius 1 is 0.906 bits per heavy atom. The van der Waals surface area contributed by atoms with E-state index in [2.05, 4.69) is 40.1 Å². The van der Waals surface area contributed by atoms with Crippen LogP contribution in [0.15, 0.2) is 30.3 Å². The third kappa shape index (κ3) is 6.48. The summed E-state index contributed by atoms with van der Waals surface area (Å²) in [6, 6.07) is 10.9. The first kappa shape index (κ1) is 23.6. The van der Waals surface area contributed by atoms with E-state index in [9.17, 15) is 4.79 Å². The summed E-state index contributed by atoms with van der Waals surface area (Å²) in [4.78, 5) is 19.6. The zero-order chi connectivity index (χ0) is 22.6. The molecule has 0 unspecified atom stereocenters. The molecular formula is C27H43N3O2. The first-order chi connectivity index (χ1) is 15.3. The van der Waals surface area contributed by atoms with Crippen LogP contribution in [0.5, 0.6) is 0 Å². The molecule has 5 heteroatoms. The van der Waals surface area contributed by atoms with E-state index in [1.807, 2.05) is 25.7 Å². The Morgan fingerprint density at radius 3 is 2.09 bits per heavy atom. The molecule has 1 aliphatic carbocycles. The number of nitrogens with zero attached hydrogens (tertiary/aromatic N) is 3. The van der Waals surface area contributed by atoms with Gasteiger partial charge in [0.05, 0.1) is 0 Å². The number of rotatable bonds is 4. The molecule has 1 saturated carbocycles. The van der Waals surface area contributed by atoms with E-state index in [1.54, 1.807) is 0 Å². The van der Waals surface area contributed by atoms with Crippen molar-refractivity contribution in [3.8, 4) is 0 Å². The topological polar surface area (TPSA) is 36.0 Å². The van der Waals surface area contributed by atoms with Crippen molar-refractivity contribution >= 4 is 6.09 Å². The van der Waals surface area contributed by atoms with Crippen LogP contribution < -0.4 is 0 Å². The maximum Gasteiger partial charge on any atom is 0.410 e. The molecule has 32 heavy (non-hydrogen) atoms. The van der Waals surface area contributed by atoms with E-state index in [4.69, 9.17) is 4.74 Å². The predicted molar refractivity (Wildman–Crippen MR) is 130 cm³/mol. The Hall–Kier alpha value is -1.59. The number of hydrogen-bond acceptors (Lipinski definition) is 4. The Morgan fingerprint density at radius 2 is 1.50 bits per heavy atom. The zero-order valence-electron chi connectivity index (χ0n) is 20.5. The van der Waals surface area contributed by atoms with Gasteiger partial charge in [0.15, 0.2) is 0 Å². The van der Waals surface area contributed by atoms with Crippen molar-refractivity contribution in [3.05, 3.63) is 35.9 Å². The minimum absolute atomic E-state index is 0.132. The highest BCUT2D eigenvalue weighted by Crippen LogP contribution is 2.46. The molecule has 0 atom stereocenters. The van der Waals surface area contributed by atoms with Gasteiger partial charge < -0.3 is 14.5 Å². The molecule has 0 aromatic heterocycles. The molecule has 2 saturated heterocycles. The van der Waals surface area contributed by atoms with Crippen LogP contribution in [0.4, 0.5) is 4.79 Å². The molecule has 1 aromatic carbocycles. The van der Waals surface area contributed by atoms with Gasteiger partial charge >= 0.3 is 6.09 Å². The molecule has 3 aliphatic rings. The molecule has 1 spiro atoms. The van der Waals surface area contributed by atoms with Gasteiger partial charge in [-0.15, -0.1) is 0 Å². The average Bonchev–Trinajstić information content (AvgIpc) is 2.77. The van der Waals surface area contributed by atoms with Crippen LogP contribution in [-0.4, -0.2) is 72.2 Å². The molecule has 2 heterocycles. The first-order valence-corrected chi connectivity index (χ1v) is 12.8. The predicted octanol–water partition coefficient (Wildman–Crippen LogP) is 5.01. The van der Waals surface area contributed by atoms with E-state index in [0.29, 0.717) is 5.41 Å². The second kappa shape index (κ2) is 10.1. The van der Waals surface area contributed by atoms with Crippen LogP contribution in [-0.2, 0) is 11.3 Å². The fourth-order valence-corrected chi connectivity index (χ4v) is 5.80. The van der Waals surface area contributed by atoms with Crippen LogP contribution >= 0.6 is 0 Å². The lowest BCUT2D eigenvalue weighted by Gasteiger charge is -2.47. The van der Waals surface area contributed by atoms with Crippen LogP contribution in [0, 0.1) is 11.3 Å². The van der Waals surface area contributed by atoms with Gasteiger partial charge in [-0.2, -0.15) is 0 Å². The SMILES string of the molecule is CC(C)(C)OC(=O)N1CCC2(CCC(CN3CCN(Cc4ccccc4)CC3)CC2)CC1. The van der Waals surface area contributed by atoms with Crippen molar-refractivity contribution < 1.29 is 9.53 Å². The number of hydrogen-bond donors (Lipinski definition) is 0. The minimum Gasteiger partial charge on any atom is -0.444 e. The third-order valence-corrected chi connectivity index (χ3v) is 7.87. The van der Waals surface area contributed by atoms with Crippen molar-refractivity contribution in [1.29, 1.82) is 0 Å². The normalized spacial score (nSPS) is 23.4. The lowest BCUT2D eigenvalue weighted by Crippen LogP contribution is -2.49. The molecule has 3 fully saturated rings. The smallest absolute Gasteiger partial charge is 0.410 e. The number of piperazine rings is 1. The second-order valence-electron chi connectivity index (χ2n) is 11.5. The fourth-order valence-electron chi connectivity index (χ4n) is 5.80. The van der Waals surface area contributed by atoms with Gasteiger partial charge in [0.25, 0.3) is 0 Å². The van der Waals surface area contributed by atoms with Crippen LogP contribution in [0.2, 0.25) is 0 Å². The highest BCUT2D eigenvalue weighted by atomic mass is 16.6. The number of amides is 1. The van der Waals surface area contributed by atoms with E-state index in [-0.39, 0.29) is 6.09 Å². The van der Waals surface area contributed by atoms with Gasteiger partial charge in [0.1, 0.15) is 5.60 Å². The molecule has 0 radical (unpaired) electrons. The van der Waals surface area contributed by atoms with Crippen molar-refractivity contribution in [2.75, 3.05) is 45.8 Å². The second-order valence-corrected chi connectivity index (χ2v) is 11.5. The maximum atomic E-state index is 12.4. The number of piperidine rings is 1. The summed E-state index contributed by atoms with van der Waals surface area (Å²) in [5.74, 6) is 0.852. The number of benzene rings is 1. The van der Waals surface area contributed by atoms with E-state index >= 15 is 0 Å². The zero-order valence-corrected chi connectivity index (χ0v) is 20.5. The number of likely N-dealkylation sites (tertiary alicyclic amines) is 1. The summed E-state index contributed by atoms with van der Waals surface area (Å²) < 4.78 is 5.57. The van der Waals surface area contributed by atoms with Gasteiger partial charge in [-0.3, -0.25) is 4.90 Å². The van der Waals surface area contributed by atoms with Crippen molar-refractivity contribution in [2.45, 2.75) is 71.4 Å². The molecule has 0 bridgehead atoms. The van der Waals surface area contributed by atoms with E-state index < -0.39 is 5.60 Å². The summed E-state index contributed by atoms with van der Waals surface area (Å²) in [5, 5.41) is 0. The first-order valence-electron chi connectivity index (χ1n) is 12.8. The van der Waals surface area contributed by atoms with Crippen molar-refractivity contribution in [3.63, 3.8) is 0 Å². The van der Waals surface area contributed by atoms with Gasteiger partial charge in [-0.05, 0) is 76.2 Å². The molecule has 0 N–H and O–H groups in total. The Labute approximate surface area is 195 Å². The Kier molecular flexibility index (Phi) is 7.46. The average molecular weight is 442 g/mol. The number of carbonyl (C=O) groups excluding carboxylic acids is 1. The summed E-state index contributed by atoms with van der Waals surface area (Å²) >= 11 is 0. The van der Waals surface area contributed by atoms with Crippen molar-refractivity contribution in [1.82, 2.24) is 14.7 Å². The fraction of sp³-hybridized carbons (Fsp3) is 0.741. The number of carbonyl (C=O) groups is 1. The monoisotopic (exact) mass is 441 g/mol. The standard InChI is InChI=1S/C27H43N3O2/c1-26(2,3)32-25(31)30-15-13-27(14-16-30)11-9-24(10-12-27)22-29-19-17-28(18-20-29)21-23-7-5-4-6-8-23/h4-8,24H,9-22H2,1-3H3. The minimum atomic E-state index is -0.405.